The third kappa shape index (κ3) is 4.04. The molecule has 0 aliphatic carbocycles. The van der Waals surface area contributed by atoms with E-state index in [2.05, 4.69) is 39.5 Å². The van der Waals surface area contributed by atoms with Gasteiger partial charge in [0.15, 0.2) is 0 Å². The molecule has 2 heterocycles. The average Bonchev–Trinajstić information content (AvgIpc) is 2.67. The minimum Gasteiger partial charge on any atom is -0.369 e. The van der Waals surface area contributed by atoms with Crippen LogP contribution >= 0.6 is 0 Å². The number of benzene rings is 1. The fourth-order valence-electron chi connectivity index (χ4n) is 3.11. The maximum absolute atomic E-state index is 12.4. The van der Waals surface area contributed by atoms with Crippen LogP contribution < -0.4 is 10.2 Å². The fraction of sp³-hybridized carbons (Fsp3) is 0.368. The van der Waals surface area contributed by atoms with E-state index in [0.29, 0.717) is 6.54 Å². The smallest absolute Gasteiger partial charge is 0.317 e. The SMILES string of the molecule is CN(C(=O)NCc1ccncc1)C1CCCN(c2ccccc2)C1. The molecule has 1 aliphatic rings. The van der Waals surface area contributed by atoms with Crippen molar-refractivity contribution in [3.63, 3.8) is 0 Å². The first kappa shape index (κ1) is 16.3. The number of nitrogens with zero attached hydrogens (tertiary/aromatic N) is 3. The summed E-state index contributed by atoms with van der Waals surface area (Å²) in [7, 11) is 1.89. The van der Waals surface area contributed by atoms with Gasteiger partial charge in [-0.05, 0) is 42.7 Å². The van der Waals surface area contributed by atoms with Gasteiger partial charge in [-0.1, -0.05) is 18.2 Å². The van der Waals surface area contributed by atoms with Crippen LogP contribution in [-0.2, 0) is 6.54 Å². The lowest BCUT2D eigenvalue weighted by Crippen LogP contribution is -2.51. The van der Waals surface area contributed by atoms with E-state index in [1.807, 2.05) is 30.1 Å². The van der Waals surface area contributed by atoms with Crippen LogP contribution in [-0.4, -0.2) is 42.1 Å². The Bertz CT molecular complexity index is 647. The number of piperidine rings is 1. The van der Waals surface area contributed by atoms with E-state index in [1.54, 1.807) is 12.4 Å². The molecule has 2 amide bonds. The minimum absolute atomic E-state index is 0.0216. The van der Waals surface area contributed by atoms with Crippen molar-refractivity contribution in [3.8, 4) is 0 Å². The number of urea groups is 1. The van der Waals surface area contributed by atoms with E-state index in [-0.39, 0.29) is 12.1 Å². The Labute approximate surface area is 143 Å². The second-order valence-electron chi connectivity index (χ2n) is 6.20. The average molecular weight is 324 g/mol. The molecule has 1 unspecified atom stereocenters. The number of hydrogen-bond donors (Lipinski definition) is 1. The van der Waals surface area contributed by atoms with Gasteiger partial charge in [0.1, 0.15) is 0 Å². The summed E-state index contributed by atoms with van der Waals surface area (Å²) in [6, 6.07) is 14.5. The Balaban J connectivity index is 1.55. The number of nitrogens with one attached hydrogen (secondary N) is 1. The van der Waals surface area contributed by atoms with Crippen LogP contribution in [0.1, 0.15) is 18.4 Å². The molecule has 0 radical (unpaired) electrons. The Morgan fingerprint density at radius 3 is 2.75 bits per heavy atom. The molecule has 2 aromatic rings. The number of aromatic nitrogens is 1. The summed E-state index contributed by atoms with van der Waals surface area (Å²) in [6.45, 7) is 2.46. The topological polar surface area (TPSA) is 48.5 Å². The van der Waals surface area contributed by atoms with Crippen LogP contribution in [0.3, 0.4) is 0 Å². The summed E-state index contributed by atoms with van der Waals surface area (Å²) < 4.78 is 0. The number of pyridine rings is 1. The van der Waals surface area contributed by atoms with E-state index in [9.17, 15) is 4.79 Å². The van der Waals surface area contributed by atoms with E-state index in [0.717, 1.165) is 31.5 Å². The number of amides is 2. The van der Waals surface area contributed by atoms with Crippen LogP contribution in [0.15, 0.2) is 54.9 Å². The molecule has 0 spiro atoms. The molecule has 1 aromatic carbocycles. The Morgan fingerprint density at radius 1 is 1.25 bits per heavy atom. The number of para-hydroxylation sites is 1. The molecule has 1 aromatic heterocycles. The van der Waals surface area contributed by atoms with Gasteiger partial charge in [0.25, 0.3) is 0 Å². The van der Waals surface area contributed by atoms with Gasteiger partial charge in [0.05, 0.1) is 6.04 Å². The Morgan fingerprint density at radius 2 is 2.00 bits per heavy atom. The zero-order valence-corrected chi connectivity index (χ0v) is 14.1. The third-order valence-electron chi connectivity index (χ3n) is 4.58. The largest absolute Gasteiger partial charge is 0.369 e. The number of carbonyl (C=O) groups is 1. The standard InChI is InChI=1S/C19H24N4O/c1-22(19(24)21-14-16-9-11-20-12-10-16)18-8-5-13-23(15-18)17-6-3-2-4-7-17/h2-4,6-7,9-12,18H,5,8,13-15H2,1H3,(H,21,24). The molecule has 1 aliphatic heterocycles. The van der Waals surface area contributed by atoms with Crippen molar-refractivity contribution in [3.05, 3.63) is 60.4 Å². The first-order valence-electron chi connectivity index (χ1n) is 8.43. The predicted octanol–water partition coefficient (Wildman–Crippen LogP) is 2.89. The molecule has 1 N–H and O–H groups in total. The van der Waals surface area contributed by atoms with Crippen LogP contribution in [0, 0.1) is 0 Å². The molecule has 126 valence electrons. The Kier molecular flexibility index (Phi) is 5.31. The van der Waals surface area contributed by atoms with Crippen molar-refractivity contribution in [2.45, 2.75) is 25.4 Å². The molecule has 1 saturated heterocycles. The quantitative estimate of drug-likeness (QED) is 0.941. The summed E-state index contributed by atoms with van der Waals surface area (Å²) >= 11 is 0. The normalized spacial score (nSPS) is 17.4. The summed E-state index contributed by atoms with van der Waals surface area (Å²) in [5.41, 5.74) is 2.29. The zero-order chi connectivity index (χ0) is 16.8. The number of likely N-dealkylation sites (N-methyl/N-ethyl adjacent to an activating group) is 1. The number of anilines is 1. The maximum atomic E-state index is 12.4. The Hall–Kier alpha value is -2.56. The maximum Gasteiger partial charge on any atom is 0.317 e. The minimum atomic E-state index is -0.0216. The lowest BCUT2D eigenvalue weighted by Gasteiger charge is -2.38. The van der Waals surface area contributed by atoms with Crippen molar-refractivity contribution < 1.29 is 4.79 Å². The van der Waals surface area contributed by atoms with E-state index < -0.39 is 0 Å². The van der Waals surface area contributed by atoms with Crippen LogP contribution in [0.4, 0.5) is 10.5 Å². The molecule has 5 heteroatoms. The van der Waals surface area contributed by atoms with Crippen LogP contribution in [0.25, 0.3) is 0 Å². The van der Waals surface area contributed by atoms with Gasteiger partial charge in [0.2, 0.25) is 0 Å². The van der Waals surface area contributed by atoms with Crippen molar-refractivity contribution in [1.82, 2.24) is 15.2 Å². The predicted molar refractivity (Wildman–Crippen MR) is 95.9 cm³/mol. The molecule has 24 heavy (non-hydrogen) atoms. The summed E-state index contributed by atoms with van der Waals surface area (Å²) in [6.07, 6.45) is 5.62. The number of rotatable bonds is 4. The highest BCUT2D eigenvalue weighted by atomic mass is 16.2. The monoisotopic (exact) mass is 324 g/mol. The zero-order valence-electron chi connectivity index (χ0n) is 14.1. The van der Waals surface area contributed by atoms with Gasteiger partial charge >= 0.3 is 6.03 Å². The second-order valence-corrected chi connectivity index (χ2v) is 6.20. The molecule has 0 bridgehead atoms. The van der Waals surface area contributed by atoms with E-state index in [4.69, 9.17) is 0 Å². The summed E-state index contributed by atoms with van der Waals surface area (Å²) in [4.78, 5) is 20.6. The van der Waals surface area contributed by atoms with Crippen LogP contribution in [0.5, 0.6) is 0 Å². The summed E-state index contributed by atoms with van der Waals surface area (Å²) in [5.74, 6) is 0. The van der Waals surface area contributed by atoms with Crippen LogP contribution in [0.2, 0.25) is 0 Å². The molecule has 5 nitrogen and oxygen atoms in total. The lowest BCUT2D eigenvalue weighted by atomic mass is 10.0. The van der Waals surface area contributed by atoms with Gasteiger partial charge in [-0.15, -0.1) is 0 Å². The molecule has 1 fully saturated rings. The van der Waals surface area contributed by atoms with E-state index in [1.165, 1.54) is 5.69 Å². The first-order valence-corrected chi connectivity index (χ1v) is 8.43. The number of hydrogen-bond acceptors (Lipinski definition) is 3. The van der Waals surface area contributed by atoms with Gasteiger partial charge < -0.3 is 15.1 Å². The van der Waals surface area contributed by atoms with Gasteiger partial charge in [-0.25, -0.2) is 4.79 Å². The van der Waals surface area contributed by atoms with Crippen molar-refractivity contribution >= 4 is 11.7 Å². The van der Waals surface area contributed by atoms with Crippen molar-refractivity contribution in [2.75, 3.05) is 25.0 Å². The first-order chi connectivity index (χ1) is 11.7. The lowest BCUT2D eigenvalue weighted by molar-refractivity contribution is 0.182. The van der Waals surface area contributed by atoms with Crippen molar-refractivity contribution in [1.29, 1.82) is 0 Å². The molecule has 3 rings (SSSR count). The van der Waals surface area contributed by atoms with Gasteiger partial charge in [0, 0.05) is 44.8 Å². The highest BCUT2D eigenvalue weighted by molar-refractivity contribution is 5.74. The molecular weight excluding hydrogens is 300 g/mol. The number of carbonyl (C=O) groups excluding carboxylic acids is 1. The second kappa shape index (κ2) is 7.81. The molecular formula is C19H24N4O. The highest BCUT2D eigenvalue weighted by Gasteiger charge is 2.26. The highest BCUT2D eigenvalue weighted by Crippen LogP contribution is 2.21. The van der Waals surface area contributed by atoms with Gasteiger partial charge in [-0.3, -0.25) is 4.98 Å². The summed E-state index contributed by atoms with van der Waals surface area (Å²) in [5, 5.41) is 2.99. The molecule has 1 atom stereocenters. The van der Waals surface area contributed by atoms with Gasteiger partial charge in [-0.2, -0.15) is 0 Å². The third-order valence-corrected chi connectivity index (χ3v) is 4.58. The molecule has 0 saturated carbocycles. The van der Waals surface area contributed by atoms with Crippen molar-refractivity contribution in [2.24, 2.45) is 0 Å². The fourth-order valence-corrected chi connectivity index (χ4v) is 3.11. The van der Waals surface area contributed by atoms with E-state index >= 15 is 0 Å².